The highest BCUT2D eigenvalue weighted by atomic mass is 16.5. The van der Waals surface area contributed by atoms with Gasteiger partial charge in [0.05, 0.1) is 18.6 Å². The Labute approximate surface area is 133 Å². The number of aliphatic carboxylic acids is 1. The topological polar surface area (TPSA) is 49.8 Å². The smallest absolute Gasteiger partial charge is 0.309 e. The van der Waals surface area contributed by atoms with Gasteiger partial charge in [-0.1, -0.05) is 44.2 Å². The SMILES string of the molecule is CC(C)[C@H](COC1CCN(Cc2ccccc2)CC1)C(=O)O. The number of carboxylic acid groups (broad SMARTS) is 1. The Hall–Kier alpha value is -1.39. The molecule has 4 heteroatoms. The van der Waals surface area contributed by atoms with Crippen LogP contribution in [0.2, 0.25) is 0 Å². The van der Waals surface area contributed by atoms with Crippen molar-refractivity contribution >= 4 is 5.97 Å². The Bertz CT molecular complexity index is 453. The van der Waals surface area contributed by atoms with E-state index in [1.54, 1.807) is 0 Å². The molecule has 0 radical (unpaired) electrons. The molecule has 0 unspecified atom stereocenters. The van der Waals surface area contributed by atoms with Crippen molar-refractivity contribution in [3.05, 3.63) is 35.9 Å². The van der Waals surface area contributed by atoms with Gasteiger partial charge in [0.2, 0.25) is 0 Å². The van der Waals surface area contributed by atoms with Gasteiger partial charge < -0.3 is 9.84 Å². The zero-order chi connectivity index (χ0) is 15.9. The molecule has 0 bridgehead atoms. The Morgan fingerprint density at radius 3 is 2.45 bits per heavy atom. The molecule has 122 valence electrons. The number of piperidine rings is 1. The minimum Gasteiger partial charge on any atom is -0.481 e. The minimum atomic E-state index is -0.753. The van der Waals surface area contributed by atoms with E-state index in [0.717, 1.165) is 32.5 Å². The van der Waals surface area contributed by atoms with Crippen molar-refractivity contribution in [2.24, 2.45) is 11.8 Å². The maximum absolute atomic E-state index is 11.2. The monoisotopic (exact) mass is 305 g/mol. The molecule has 0 amide bonds. The first-order valence-corrected chi connectivity index (χ1v) is 8.17. The van der Waals surface area contributed by atoms with Crippen molar-refractivity contribution in [2.75, 3.05) is 19.7 Å². The van der Waals surface area contributed by atoms with E-state index >= 15 is 0 Å². The molecule has 1 saturated heterocycles. The summed E-state index contributed by atoms with van der Waals surface area (Å²) in [5, 5.41) is 9.19. The van der Waals surface area contributed by atoms with Gasteiger partial charge in [-0.2, -0.15) is 0 Å². The lowest BCUT2D eigenvalue weighted by Gasteiger charge is -2.32. The van der Waals surface area contributed by atoms with E-state index in [-0.39, 0.29) is 12.0 Å². The van der Waals surface area contributed by atoms with Crippen molar-refractivity contribution in [1.82, 2.24) is 4.90 Å². The summed E-state index contributed by atoms with van der Waals surface area (Å²) in [7, 11) is 0. The molecular formula is C18H27NO3. The van der Waals surface area contributed by atoms with Crippen LogP contribution in [0.1, 0.15) is 32.3 Å². The fraction of sp³-hybridized carbons (Fsp3) is 0.611. The van der Waals surface area contributed by atoms with E-state index in [0.29, 0.717) is 6.61 Å². The zero-order valence-electron chi connectivity index (χ0n) is 13.6. The average molecular weight is 305 g/mol. The van der Waals surface area contributed by atoms with Gasteiger partial charge in [0.1, 0.15) is 0 Å². The van der Waals surface area contributed by atoms with Crippen molar-refractivity contribution in [3.8, 4) is 0 Å². The quantitative estimate of drug-likeness (QED) is 0.841. The van der Waals surface area contributed by atoms with Gasteiger partial charge in [-0.05, 0) is 24.3 Å². The lowest BCUT2D eigenvalue weighted by atomic mass is 9.97. The van der Waals surface area contributed by atoms with Gasteiger partial charge >= 0.3 is 5.97 Å². The van der Waals surface area contributed by atoms with Gasteiger partial charge in [0.25, 0.3) is 0 Å². The van der Waals surface area contributed by atoms with Crippen molar-refractivity contribution in [3.63, 3.8) is 0 Å². The Balaban J connectivity index is 1.72. The lowest BCUT2D eigenvalue weighted by Crippen LogP contribution is -2.38. The van der Waals surface area contributed by atoms with Crippen LogP contribution in [0.15, 0.2) is 30.3 Å². The normalized spacial score (nSPS) is 18.5. The Kier molecular flexibility index (Phi) is 6.40. The average Bonchev–Trinajstić information content (AvgIpc) is 2.49. The number of nitrogens with zero attached hydrogens (tertiary/aromatic N) is 1. The molecule has 1 heterocycles. The van der Waals surface area contributed by atoms with Gasteiger partial charge in [-0.3, -0.25) is 9.69 Å². The third-order valence-electron chi connectivity index (χ3n) is 4.42. The highest BCUT2D eigenvalue weighted by Crippen LogP contribution is 2.19. The second kappa shape index (κ2) is 8.30. The third-order valence-corrected chi connectivity index (χ3v) is 4.42. The summed E-state index contributed by atoms with van der Waals surface area (Å²) in [6.45, 7) is 7.21. The predicted molar refractivity (Wildman–Crippen MR) is 86.7 cm³/mol. The van der Waals surface area contributed by atoms with Crippen LogP contribution in [-0.4, -0.2) is 41.8 Å². The summed E-state index contributed by atoms with van der Waals surface area (Å²) in [4.78, 5) is 13.6. The summed E-state index contributed by atoms with van der Waals surface area (Å²) >= 11 is 0. The van der Waals surface area contributed by atoms with Crippen LogP contribution >= 0.6 is 0 Å². The van der Waals surface area contributed by atoms with Crippen LogP contribution in [0.25, 0.3) is 0 Å². The highest BCUT2D eigenvalue weighted by molar-refractivity contribution is 5.70. The molecule has 0 spiro atoms. The van der Waals surface area contributed by atoms with Crippen LogP contribution in [0.4, 0.5) is 0 Å². The number of ether oxygens (including phenoxy) is 1. The molecule has 1 aliphatic heterocycles. The van der Waals surface area contributed by atoms with E-state index in [2.05, 4.69) is 29.2 Å². The summed E-state index contributed by atoms with van der Waals surface area (Å²) in [6.07, 6.45) is 2.17. The molecule has 22 heavy (non-hydrogen) atoms. The van der Waals surface area contributed by atoms with Crippen molar-refractivity contribution in [1.29, 1.82) is 0 Å². The lowest BCUT2D eigenvalue weighted by molar-refractivity contribution is -0.147. The third kappa shape index (κ3) is 5.11. The zero-order valence-corrected chi connectivity index (χ0v) is 13.6. The summed E-state index contributed by atoms with van der Waals surface area (Å²) in [5.41, 5.74) is 1.34. The molecule has 1 fully saturated rings. The van der Waals surface area contributed by atoms with Crippen LogP contribution < -0.4 is 0 Å². The number of benzene rings is 1. The molecule has 1 N–H and O–H groups in total. The molecule has 0 saturated carbocycles. The maximum atomic E-state index is 11.2. The first-order valence-electron chi connectivity index (χ1n) is 8.17. The molecule has 1 aliphatic rings. The summed E-state index contributed by atoms with van der Waals surface area (Å²) in [5.74, 6) is -1.05. The molecular weight excluding hydrogens is 278 g/mol. The van der Waals surface area contributed by atoms with E-state index in [1.807, 2.05) is 19.9 Å². The predicted octanol–water partition coefficient (Wildman–Crippen LogP) is 3.02. The standard InChI is InChI=1S/C18H27NO3/c1-14(2)17(18(20)21)13-22-16-8-10-19(11-9-16)12-15-6-4-3-5-7-15/h3-7,14,16-17H,8-13H2,1-2H3,(H,20,21)/t17-/m0/s1. The van der Waals surface area contributed by atoms with E-state index in [4.69, 9.17) is 4.74 Å². The molecule has 1 atom stereocenters. The van der Waals surface area contributed by atoms with Gasteiger partial charge in [-0.15, -0.1) is 0 Å². The van der Waals surface area contributed by atoms with Crippen LogP contribution in [0.5, 0.6) is 0 Å². The van der Waals surface area contributed by atoms with Gasteiger partial charge in [0, 0.05) is 19.6 Å². The van der Waals surface area contributed by atoms with Crippen LogP contribution in [-0.2, 0) is 16.1 Å². The number of likely N-dealkylation sites (tertiary alicyclic amines) is 1. The van der Waals surface area contributed by atoms with Crippen LogP contribution in [0.3, 0.4) is 0 Å². The molecule has 4 nitrogen and oxygen atoms in total. The number of carbonyl (C=O) groups is 1. The van der Waals surface area contributed by atoms with Gasteiger partial charge in [0.15, 0.2) is 0 Å². The molecule has 0 aliphatic carbocycles. The Morgan fingerprint density at radius 1 is 1.27 bits per heavy atom. The molecule has 1 aromatic rings. The van der Waals surface area contributed by atoms with Crippen molar-refractivity contribution < 1.29 is 14.6 Å². The highest BCUT2D eigenvalue weighted by Gasteiger charge is 2.25. The first-order chi connectivity index (χ1) is 10.6. The summed E-state index contributed by atoms with van der Waals surface area (Å²) in [6, 6.07) is 10.5. The molecule has 1 aromatic carbocycles. The number of carboxylic acids is 1. The number of hydrogen-bond acceptors (Lipinski definition) is 3. The van der Waals surface area contributed by atoms with E-state index in [1.165, 1.54) is 5.56 Å². The fourth-order valence-corrected chi connectivity index (χ4v) is 2.86. The number of hydrogen-bond donors (Lipinski definition) is 1. The summed E-state index contributed by atoms with van der Waals surface area (Å²) < 4.78 is 5.86. The minimum absolute atomic E-state index is 0.107. The van der Waals surface area contributed by atoms with Gasteiger partial charge in [-0.25, -0.2) is 0 Å². The first kappa shape index (κ1) is 17.0. The Morgan fingerprint density at radius 2 is 1.91 bits per heavy atom. The fourth-order valence-electron chi connectivity index (χ4n) is 2.86. The molecule has 2 rings (SSSR count). The van der Waals surface area contributed by atoms with E-state index in [9.17, 15) is 9.90 Å². The molecule has 0 aromatic heterocycles. The van der Waals surface area contributed by atoms with E-state index < -0.39 is 11.9 Å². The van der Waals surface area contributed by atoms with Crippen LogP contribution in [0, 0.1) is 11.8 Å². The van der Waals surface area contributed by atoms with Crippen molar-refractivity contribution in [2.45, 2.75) is 39.3 Å². The number of rotatable bonds is 7. The largest absolute Gasteiger partial charge is 0.481 e. The maximum Gasteiger partial charge on any atom is 0.309 e. The second-order valence-corrected chi connectivity index (χ2v) is 6.48. The second-order valence-electron chi connectivity index (χ2n) is 6.48.